The summed E-state index contributed by atoms with van der Waals surface area (Å²) in [5.74, 6) is 1.47. The molecule has 0 spiro atoms. The van der Waals surface area contributed by atoms with E-state index < -0.39 is 12.0 Å². The lowest BCUT2D eigenvalue weighted by atomic mass is 9.95. The van der Waals surface area contributed by atoms with Gasteiger partial charge in [0.1, 0.15) is 13.2 Å². The topological polar surface area (TPSA) is 107 Å². The van der Waals surface area contributed by atoms with Gasteiger partial charge >= 0.3 is 5.97 Å². The molecule has 1 atom stereocenters. The Hall–Kier alpha value is -4.35. The first-order valence-corrected chi connectivity index (χ1v) is 13.5. The second kappa shape index (κ2) is 13.3. The van der Waals surface area contributed by atoms with Crippen molar-refractivity contribution in [2.45, 2.75) is 13.0 Å². The number of methoxy groups -OCH3 is 4. The molecule has 2 heterocycles. The van der Waals surface area contributed by atoms with Gasteiger partial charge in [-0.3, -0.25) is 9.36 Å². The molecule has 0 bridgehead atoms. The predicted octanol–water partition coefficient (Wildman–Crippen LogP) is 3.02. The summed E-state index contributed by atoms with van der Waals surface area (Å²) in [4.78, 5) is 32.4. The molecule has 0 N–H and O–H groups in total. The molecule has 0 fully saturated rings. The molecule has 2 aromatic carbocycles. The van der Waals surface area contributed by atoms with E-state index in [-0.39, 0.29) is 31.0 Å². The molecule has 4 rings (SSSR count). The lowest BCUT2D eigenvalue weighted by Crippen LogP contribution is -2.40. The fraction of sp³-hybridized carbons (Fsp3) is 0.300. The van der Waals surface area contributed by atoms with E-state index in [4.69, 9.17) is 28.4 Å². The zero-order valence-electron chi connectivity index (χ0n) is 23.6. The fourth-order valence-corrected chi connectivity index (χ4v) is 5.46. The third-order valence-corrected chi connectivity index (χ3v) is 7.31. The van der Waals surface area contributed by atoms with Crippen LogP contribution in [0.5, 0.6) is 23.0 Å². The largest absolute Gasteiger partial charge is 0.493 e. The molecule has 10 nitrogen and oxygen atoms in total. The standard InChI is InChI=1S/C30H32N2O8S/c1-7-12-39-22-11-9-20(17-24(22)38-6)27-26(29(34)40-14-13-35-3)18(2)31-30-32(27)28(33)25(41-30)16-19-8-10-21(36-4)23(15-19)37-5/h7-11,15-17,27H,1,12-14H2,2-6H3. The Bertz CT molecular complexity index is 1650. The summed E-state index contributed by atoms with van der Waals surface area (Å²) in [6.07, 6.45) is 3.38. The van der Waals surface area contributed by atoms with Crippen LogP contribution in [0.25, 0.3) is 6.08 Å². The van der Waals surface area contributed by atoms with Gasteiger partial charge in [0.2, 0.25) is 0 Å². The number of nitrogens with zero attached hydrogens (tertiary/aromatic N) is 2. The molecule has 0 radical (unpaired) electrons. The van der Waals surface area contributed by atoms with E-state index >= 15 is 0 Å². The van der Waals surface area contributed by atoms with Crippen molar-refractivity contribution < 1.29 is 33.2 Å². The molecule has 0 saturated heterocycles. The van der Waals surface area contributed by atoms with E-state index in [1.54, 1.807) is 63.6 Å². The predicted molar refractivity (Wildman–Crippen MR) is 155 cm³/mol. The molecule has 1 aromatic heterocycles. The number of aromatic nitrogens is 1. The van der Waals surface area contributed by atoms with Gasteiger partial charge in [-0.25, -0.2) is 9.79 Å². The first-order chi connectivity index (χ1) is 19.9. The molecule has 41 heavy (non-hydrogen) atoms. The monoisotopic (exact) mass is 580 g/mol. The van der Waals surface area contributed by atoms with E-state index in [9.17, 15) is 9.59 Å². The Balaban J connectivity index is 1.89. The summed E-state index contributed by atoms with van der Waals surface area (Å²) >= 11 is 1.22. The van der Waals surface area contributed by atoms with Crippen LogP contribution >= 0.6 is 11.3 Å². The molecule has 1 aliphatic rings. The van der Waals surface area contributed by atoms with Crippen LogP contribution in [0.2, 0.25) is 0 Å². The number of carbonyl (C=O) groups is 1. The summed E-state index contributed by atoms with van der Waals surface area (Å²) in [6, 6.07) is 9.83. The van der Waals surface area contributed by atoms with Crippen molar-refractivity contribution in [2.75, 3.05) is 48.3 Å². The van der Waals surface area contributed by atoms with Gasteiger partial charge in [0, 0.05) is 7.11 Å². The molecule has 1 aliphatic heterocycles. The molecule has 11 heteroatoms. The van der Waals surface area contributed by atoms with Gasteiger partial charge < -0.3 is 28.4 Å². The van der Waals surface area contributed by atoms with Gasteiger partial charge in [-0.05, 0) is 48.4 Å². The maximum atomic E-state index is 13.9. The number of thiazole rings is 1. The summed E-state index contributed by atoms with van der Waals surface area (Å²) < 4.78 is 34.5. The van der Waals surface area contributed by atoms with Crippen LogP contribution in [0.3, 0.4) is 0 Å². The number of fused-ring (bicyclic) bond motifs is 1. The smallest absolute Gasteiger partial charge is 0.338 e. The lowest BCUT2D eigenvalue weighted by Gasteiger charge is -2.25. The van der Waals surface area contributed by atoms with Crippen molar-refractivity contribution in [2.24, 2.45) is 4.99 Å². The highest BCUT2D eigenvalue weighted by molar-refractivity contribution is 7.07. The highest BCUT2D eigenvalue weighted by atomic mass is 32.1. The number of hydrogen-bond donors (Lipinski definition) is 0. The van der Waals surface area contributed by atoms with Gasteiger partial charge in [0.25, 0.3) is 5.56 Å². The molecule has 216 valence electrons. The maximum Gasteiger partial charge on any atom is 0.338 e. The van der Waals surface area contributed by atoms with Crippen molar-refractivity contribution in [1.82, 2.24) is 4.57 Å². The van der Waals surface area contributed by atoms with Crippen LogP contribution < -0.4 is 33.8 Å². The summed E-state index contributed by atoms with van der Waals surface area (Å²) in [5.41, 5.74) is 1.74. The number of allylic oxidation sites excluding steroid dienone is 1. The zero-order chi connectivity index (χ0) is 29.5. The van der Waals surface area contributed by atoms with Crippen LogP contribution in [0.15, 0.2) is 70.1 Å². The second-order valence-corrected chi connectivity index (χ2v) is 9.84. The molecular weight excluding hydrogens is 548 g/mol. The zero-order valence-corrected chi connectivity index (χ0v) is 24.4. The number of benzene rings is 2. The molecule has 1 unspecified atom stereocenters. The van der Waals surface area contributed by atoms with Crippen molar-refractivity contribution >= 4 is 23.4 Å². The molecular formula is C30H32N2O8S. The minimum Gasteiger partial charge on any atom is -0.493 e. The average Bonchev–Trinajstić information content (AvgIpc) is 3.28. The Labute approximate surface area is 241 Å². The van der Waals surface area contributed by atoms with Crippen LogP contribution in [-0.4, -0.2) is 58.8 Å². The van der Waals surface area contributed by atoms with Gasteiger partial charge in [-0.2, -0.15) is 0 Å². The summed E-state index contributed by atoms with van der Waals surface area (Å²) in [6.45, 7) is 5.98. The van der Waals surface area contributed by atoms with E-state index in [1.165, 1.54) is 30.1 Å². The van der Waals surface area contributed by atoms with Crippen LogP contribution in [0, 0.1) is 0 Å². The highest BCUT2D eigenvalue weighted by Gasteiger charge is 2.34. The Morgan fingerprint density at radius 2 is 1.71 bits per heavy atom. The summed E-state index contributed by atoms with van der Waals surface area (Å²) in [7, 11) is 6.15. The van der Waals surface area contributed by atoms with Crippen LogP contribution in [0.1, 0.15) is 24.1 Å². The van der Waals surface area contributed by atoms with E-state index in [0.717, 1.165) is 5.56 Å². The average molecular weight is 581 g/mol. The first kappa shape index (κ1) is 29.6. The van der Waals surface area contributed by atoms with Crippen molar-refractivity contribution in [3.63, 3.8) is 0 Å². The highest BCUT2D eigenvalue weighted by Crippen LogP contribution is 2.36. The Morgan fingerprint density at radius 3 is 2.39 bits per heavy atom. The van der Waals surface area contributed by atoms with Gasteiger partial charge in [0.05, 0.1) is 49.8 Å². The van der Waals surface area contributed by atoms with Gasteiger partial charge in [-0.15, -0.1) is 0 Å². The van der Waals surface area contributed by atoms with Crippen LogP contribution in [-0.2, 0) is 14.3 Å². The molecule has 0 aliphatic carbocycles. The minimum absolute atomic E-state index is 0.0558. The van der Waals surface area contributed by atoms with E-state index in [1.807, 2.05) is 6.07 Å². The number of esters is 1. The van der Waals surface area contributed by atoms with E-state index in [2.05, 4.69) is 11.6 Å². The third-order valence-electron chi connectivity index (χ3n) is 6.33. The molecule has 0 amide bonds. The SMILES string of the molecule is C=CCOc1ccc(C2C(C(=O)OCCOC)=C(C)N=c3sc(=Cc4ccc(OC)c(OC)c4)c(=O)n32)cc1OC. The van der Waals surface area contributed by atoms with Crippen molar-refractivity contribution in [3.05, 3.63) is 91.1 Å². The number of ether oxygens (including phenoxy) is 6. The summed E-state index contributed by atoms with van der Waals surface area (Å²) in [5, 5.41) is 0. The second-order valence-electron chi connectivity index (χ2n) is 8.83. The van der Waals surface area contributed by atoms with E-state index in [0.29, 0.717) is 43.6 Å². The normalized spacial score (nSPS) is 14.7. The third kappa shape index (κ3) is 6.21. The maximum absolute atomic E-state index is 13.9. The van der Waals surface area contributed by atoms with Gasteiger partial charge in [-0.1, -0.05) is 36.1 Å². The Morgan fingerprint density at radius 1 is 1.00 bits per heavy atom. The minimum atomic E-state index is -0.823. The first-order valence-electron chi connectivity index (χ1n) is 12.7. The Kier molecular flexibility index (Phi) is 9.64. The molecule has 3 aromatic rings. The fourth-order valence-electron chi connectivity index (χ4n) is 4.41. The number of carbonyl (C=O) groups excluding carboxylic acids is 1. The van der Waals surface area contributed by atoms with Crippen molar-refractivity contribution in [1.29, 1.82) is 0 Å². The van der Waals surface area contributed by atoms with Crippen molar-refractivity contribution in [3.8, 4) is 23.0 Å². The number of hydrogen-bond acceptors (Lipinski definition) is 10. The lowest BCUT2D eigenvalue weighted by molar-refractivity contribution is -0.140. The quantitative estimate of drug-likeness (QED) is 0.183. The number of rotatable bonds is 12. The van der Waals surface area contributed by atoms with Crippen LogP contribution in [0.4, 0.5) is 0 Å². The molecule has 0 saturated carbocycles. The van der Waals surface area contributed by atoms with Gasteiger partial charge in [0.15, 0.2) is 27.8 Å².